The number of aromatic nitrogens is 4. The number of tetrazole rings is 1. The summed E-state index contributed by atoms with van der Waals surface area (Å²) in [7, 11) is 0. The maximum Gasteiger partial charge on any atom is 0.269 e. The summed E-state index contributed by atoms with van der Waals surface area (Å²) in [6.07, 6.45) is 0.888. The van der Waals surface area contributed by atoms with Gasteiger partial charge in [0.05, 0.1) is 6.54 Å². The Kier molecular flexibility index (Phi) is 6.24. The van der Waals surface area contributed by atoms with Gasteiger partial charge in [-0.2, -0.15) is 4.80 Å². The minimum atomic E-state index is -0.404. The first-order valence-electron chi connectivity index (χ1n) is 6.84. The third-order valence-corrected chi connectivity index (χ3v) is 2.99. The summed E-state index contributed by atoms with van der Waals surface area (Å²) in [5, 5.41) is 17.5. The maximum absolute atomic E-state index is 11.7. The number of amides is 1. The van der Waals surface area contributed by atoms with Crippen LogP contribution in [0, 0.1) is 0 Å². The summed E-state index contributed by atoms with van der Waals surface area (Å²) in [5.41, 5.74) is 0. The lowest BCUT2D eigenvalue weighted by molar-refractivity contribution is -0.121. The van der Waals surface area contributed by atoms with Crippen molar-refractivity contribution >= 4 is 40.8 Å². The van der Waals surface area contributed by atoms with E-state index in [1.807, 2.05) is 6.92 Å². The van der Waals surface area contributed by atoms with E-state index in [9.17, 15) is 4.79 Å². The van der Waals surface area contributed by atoms with Crippen molar-refractivity contribution in [3.63, 3.8) is 0 Å². The molecule has 2 rings (SSSR count). The van der Waals surface area contributed by atoms with Crippen molar-refractivity contribution in [3.05, 3.63) is 29.3 Å². The molecule has 23 heavy (non-hydrogen) atoms. The van der Waals surface area contributed by atoms with Gasteiger partial charge < -0.3 is 4.74 Å². The highest BCUT2D eigenvalue weighted by Crippen LogP contribution is 2.15. The lowest BCUT2D eigenvalue weighted by Gasteiger charge is -2.08. The number of benzene rings is 1. The number of anilines is 1. The number of carbonyl (C=O) groups is 1. The number of rotatable bonds is 6. The molecule has 0 fully saturated rings. The van der Waals surface area contributed by atoms with Gasteiger partial charge in [-0.3, -0.25) is 15.4 Å². The van der Waals surface area contributed by atoms with Crippen molar-refractivity contribution < 1.29 is 9.53 Å². The number of hydrogen-bond acceptors (Lipinski definition) is 6. The van der Waals surface area contributed by atoms with Crippen LogP contribution in [0.25, 0.3) is 0 Å². The second-order valence-corrected chi connectivity index (χ2v) is 5.30. The Morgan fingerprint density at radius 2 is 2.13 bits per heavy atom. The molecular weight excluding hydrogens is 340 g/mol. The molecular formula is C13H15ClN6O2S. The average Bonchev–Trinajstić information content (AvgIpc) is 2.94. The van der Waals surface area contributed by atoms with Crippen LogP contribution in [-0.2, 0) is 11.3 Å². The van der Waals surface area contributed by atoms with E-state index in [2.05, 4.69) is 26.0 Å². The number of carbonyl (C=O) groups excluding carboxylic acids is 1. The van der Waals surface area contributed by atoms with Gasteiger partial charge in [0, 0.05) is 5.02 Å². The molecule has 0 bridgehead atoms. The molecule has 0 unspecified atom stereocenters. The number of hydrogen-bond donors (Lipinski definition) is 2. The van der Waals surface area contributed by atoms with Crippen LogP contribution in [0.3, 0.4) is 0 Å². The highest BCUT2D eigenvalue weighted by molar-refractivity contribution is 7.80. The second kappa shape index (κ2) is 8.39. The van der Waals surface area contributed by atoms with Gasteiger partial charge in [-0.1, -0.05) is 23.6 Å². The van der Waals surface area contributed by atoms with Gasteiger partial charge in [0.25, 0.3) is 11.9 Å². The van der Waals surface area contributed by atoms with E-state index in [4.69, 9.17) is 28.6 Å². The second-order valence-electron chi connectivity index (χ2n) is 4.45. The van der Waals surface area contributed by atoms with Crippen LogP contribution in [0.4, 0.5) is 5.95 Å². The monoisotopic (exact) mass is 354 g/mol. The quantitative estimate of drug-likeness (QED) is 0.761. The SMILES string of the molecule is CCCn1nnc(NC(=S)NC(=O)COc2ccc(Cl)cc2)n1. The van der Waals surface area contributed by atoms with Gasteiger partial charge in [-0.25, -0.2) is 0 Å². The summed E-state index contributed by atoms with van der Waals surface area (Å²) in [5.74, 6) is 0.355. The van der Waals surface area contributed by atoms with Gasteiger partial charge in [0.15, 0.2) is 11.7 Å². The van der Waals surface area contributed by atoms with Crippen molar-refractivity contribution in [3.8, 4) is 5.75 Å². The van der Waals surface area contributed by atoms with E-state index in [0.717, 1.165) is 6.42 Å². The Labute approximate surface area is 143 Å². The zero-order valence-electron chi connectivity index (χ0n) is 12.3. The van der Waals surface area contributed by atoms with Gasteiger partial charge >= 0.3 is 0 Å². The Balaban J connectivity index is 1.75. The summed E-state index contributed by atoms with van der Waals surface area (Å²) in [6, 6.07) is 6.68. The highest BCUT2D eigenvalue weighted by Gasteiger charge is 2.09. The predicted molar refractivity (Wildman–Crippen MR) is 89.4 cm³/mol. The van der Waals surface area contributed by atoms with Gasteiger partial charge in [0.2, 0.25) is 0 Å². The first-order valence-corrected chi connectivity index (χ1v) is 7.62. The largest absolute Gasteiger partial charge is 0.484 e. The topological polar surface area (TPSA) is 94.0 Å². The van der Waals surface area contributed by atoms with Crippen LogP contribution in [0.5, 0.6) is 5.75 Å². The molecule has 2 aromatic rings. The lowest BCUT2D eigenvalue weighted by atomic mass is 10.3. The van der Waals surface area contributed by atoms with Crippen molar-refractivity contribution in [1.29, 1.82) is 0 Å². The summed E-state index contributed by atoms with van der Waals surface area (Å²) in [4.78, 5) is 13.2. The molecule has 0 aliphatic rings. The van der Waals surface area contributed by atoms with Crippen LogP contribution in [0.15, 0.2) is 24.3 Å². The molecule has 0 aliphatic heterocycles. The van der Waals surface area contributed by atoms with E-state index < -0.39 is 5.91 Å². The number of nitrogens with one attached hydrogen (secondary N) is 2. The fourth-order valence-corrected chi connectivity index (χ4v) is 1.89. The summed E-state index contributed by atoms with van der Waals surface area (Å²) >= 11 is 10.8. The molecule has 0 atom stereocenters. The zero-order valence-corrected chi connectivity index (χ0v) is 13.9. The Morgan fingerprint density at radius 3 is 2.83 bits per heavy atom. The van der Waals surface area contributed by atoms with E-state index in [-0.39, 0.29) is 17.7 Å². The molecule has 0 radical (unpaired) electrons. The number of nitrogens with zero attached hydrogens (tertiary/aromatic N) is 4. The van der Waals surface area contributed by atoms with Gasteiger partial charge in [0.1, 0.15) is 5.75 Å². The fraction of sp³-hybridized carbons (Fsp3) is 0.308. The molecule has 1 heterocycles. The first-order chi connectivity index (χ1) is 11.1. The van der Waals surface area contributed by atoms with Crippen molar-refractivity contribution in [1.82, 2.24) is 25.5 Å². The Morgan fingerprint density at radius 1 is 1.39 bits per heavy atom. The third-order valence-electron chi connectivity index (χ3n) is 2.54. The molecule has 1 amide bonds. The molecule has 8 nitrogen and oxygen atoms in total. The summed E-state index contributed by atoms with van der Waals surface area (Å²) in [6.45, 7) is 2.48. The first kappa shape index (κ1) is 17.1. The average molecular weight is 355 g/mol. The Bertz CT molecular complexity index is 675. The number of halogens is 1. The number of aryl methyl sites for hydroxylation is 1. The zero-order chi connectivity index (χ0) is 16.7. The minimum absolute atomic E-state index is 0.0748. The maximum atomic E-state index is 11.7. The van der Waals surface area contributed by atoms with Crippen LogP contribution in [-0.4, -0.2) is 37.8 Å². The highest BCUT2D eigenvalue weighted by atomic mass is 35.5. The van der Waals surface area contributed by atoms with E-state index in [0.29, 0.717) is 17.3 Å². The molecule has 0 saturated heterocycles. The molecule has 0 spiro atoms. The molecule has 1 aromatic carbocycles. The van der Waals surface area contributed by atoms with Crippen molar-refractivity contribution in [2.24, 2.45) is 0 Å². The van der Waals surface area contributed by atoms with Gasteiger partial charge in [-0.15, -0.1) is 5.10 Å². The van der Waals surface area contributed by atoms with Crippen molar-refractivity contribution in [2.45, 2.75) is 19.9 Å². The Hall–Kier alpha value is -2.26. The minimum Gasteiger partial charge on any atom is -0.484 e. The number of thiocarbonyl (C=S) groups is 1. The predicted octanol–water partition coefficient (Wildman–Crippen LogP) is 1.63. The molecule has 0 aliphatic carbocycles. The third kappa shape index (κ3) is 5.80. The lowest BCUT2D eigenvalue weighted by Crippen LogP contribution is -2.37. The van der Waals surface area contributed by atoms with E-state index >= 15 is 0 Å². The molecule has 122 valence electrons. The molecule has 0 saturated carbocycles. The van der Waals surface area contributed by atoms with Crippen LogP contribution < -0.4 is 15.4 Å². The standard InChI is InChI=1S/C13H15ClN6O2S/c1-2-7-20-18-12(17-19-20)16-13(23)15-11(21)8-22-10-5-3-9(14)4-6-10/h3-6H,2,7-8H2,1H3,(H2,15,16,18,21,23). The smallest absolute Gasteiger partial charge is 0.269 e. The number of ether oxygens (including phenoxy) is 1. The van der Waals surface area contributed by atoms with Crippen molar-refractivity contribution in [2.75, 3.05) is 11.9 Å². The molecule has 1 aromatic heterocycles. The summed E-state index contributed by atoms with van der Waals surface area (Å²) < 4.78 is 5.30. The molecule has 10 heteroatoms. The normalized spacial score (nSPS) is 10.2. The molecule has 2 N–H and O–H groups in total. The fourth-order valence-electron chi connectivity index (χ4n) is 1.56. The van der Waals surface area contributed by atoms with Gasteiger partial charge in [-0.05, 0) is 48.1 Å². The van der Waals surface area contributed by atoms with Crippen LogP contribution in [0.2, 0.25) is 5.02 Å². The van der Waals surface area contributed by atoms with Crippen LogP contribution in [0.1, 0.15) is 13.3 Å². The van der Waals surface area contributed by atoms with E-state index in [1.54, 1.807) is 24.3 Å². The van der Waals surface area contributed by atoms with Crippen LogP contribution >= 0.6 is 23.8 Å². The van der Waals surface area contributed by atoms with E-state index in [1.165, 1.54) is 4.80 Å².